The fourth-order valence-electron chi connectivity index (χ4n) is 2.39. The SMILES string of the molecule is CCCCOc1ccc(C=C2N=C(c3cccc(F)c3)NC2=O)cc1. The molecule has 0 spiro atoms. The molecule has 3 rings (SSSR count). The highest BCUT2D eigenvalue weighted by Crippen LogP contribution is 2.18. The maximum absolute atomic E-state index is 13.3. The summed E-state index contributed by atoms with van der Waals surface area (Å²) >= 11 is 0. The Morgan fingerprint density at radius 1 is 1.20 bits per heavy atom. The van der Waals surface area contributed by atoms with Crippen LogP contribution in [0.15, 0.2) is 59.2 Å². The minimum atomic E-state index is -0.370. The first-order valence-electron chi connectivity index (χ1n) is 8.26. The number of hydrogen-bond acceptors (Lipinski definition) is 3. The van der Waals surface area contributed by atoms with Gasteiger partial charge >= 0.3 is 0 Å². The minimum absolute atomic E-state index is 0.291. The molecule has 0 atom stereocenters. The number of amidine groups is 1. The van der Waals surface area contributed by atoms with Crippen molar-refractivity contribution in [2.45, 2.75) is 19.8 Å². The summed E-state index contributed by atoms with van der Waals surface area (Å²) in [4.78, 5) is 16.4. The van der Waals surface area contributed by atoms with Crippen LogP contribution in [0.2, 0.25) is 0 Å². The normalized spacial score (nSPS) is 15.2. The highest BCUT2D eigenvalue weighted by molar-refractivity contribution is 6.19. The van der Waals surface area contributed by atoms with E-state index in [9.17, 15) is 9.18 Å². The zero-order valence-electron chi connectivity index (χ0n) is 14.0. The number of rotatable bonds is 6. The standard InChI is InChI=1S/C20H19FN2O2/c1-2-3-11-25-17-9-7-14(8-10-17)12-18-20(24)23-19(22-18)15-5-4-6-16(21)13-15/h4-10,12-13H,2-3,11H2,1H3,(H,22,23,24). The van der Waals surface area contributed by atoms with Crippen LogP contribution in [0.3, 0.4) is 0 Å². The summed E-state index contributed by atoms with van der Waals surface area (Å²) in [6, 6.07) is 13.4. The first-order chi connectivity index (χ1) is 12.2. The van der Waals surface area contributed by atoms with Gasteiger partial charge in [0.25, 0.3) is 5.91 Å². The number of aliphatic imine (C=N–C) groups is 1. The second-order valence-electron chi connectivity index (χ2n) is 5.73. The average Bonchev–Trinajstić information content (AvgIpc) is 2.97. The lowest BCUT2D eigenvalue weighted by atomic mass is 10.2. The van der Waals surface area contributed by atoms with Crippen molar-refractivity contribution in [2.24, 2.45) is 4.99 Å². The van der Waals surface area contributed by atoms with Crippen molar-refractivity contribution in [3.05, 3.63) is 71.2 Å². The van der Waals surface area contributed by atoms with E-state index in [0.29, 0.717) is 23.7 Å². The number of unbranched alkanes of at least 4 members (excludes halogenated alkanes) is 1. The van der Waals surface area contributed by atoms with E-state index in [4.69, 9.17) is 4.74 Å². The lowest BCUT2D eigenvalue weighted by molar-refractivity contribution is -0.115. The van der Waals surface area contributed by atoms with E-state index in [-0.39, 0.29) is 11.7 Å². The Kier molecular flexibility index (Phi) is 5.23. The van der Waals surface area contributed by atoms with Gasteiger partial charge in [-0.25, -0.2) is 9.38 Å². The van der Waals surface area contributed by atoms with Crippen LogP contribution >= 0.6 is 0 Å². The summed E-state index contributed by atoms with van der Waals surface area (Å²) in [5, 5.41) is 2.66. The van der Waals surface area contributed by atoms with Crippen molar-refractivity contribution in [2.75, 3.05) is 6.61 Å². The van der Waals surface area contributed by atoms with Gasteiger partial charge in [-0.15, -0.1) is 0 Å². The quantitative estimate of drug-likeness (QED) is 0.641. The number of carbonyl (C=O) groups excluding carboxylic acids is 1. The summed E-state index contributed by atoms with van der Waals surface area (Å²) in [6.45, 7) is 2.81. The smallest absolute Gasteiger partial charge is 0.275 e. The predicted octanol–water partition coefficient (Wildman–Crippen LogP) is 3.92. The van der Waals surface area contributed by atoms with Crippen LogP contribution in [0, 0.1) is 5.82 Å². The summed E-state index contributed by atoms with van der Waals surface area (Å²) < 4.78 is 18.9. The van der Waals surface area contributed by atoms with Crippen LogP contribution in [0.25, 0.3) is 6.08 Å². The fraction of sp³-hybridized carbons (Fsp3) is 0.200. The lowest BCUT2D eigenvalue weighted by Crippen LogP contribution is -2.24. The van der Waals surface area contributed by atoms with Gasteiger partial charge in [-0.3, -0.25) is 4.79 Å². The van der Waals surface area contributed by atoms with Gasteiger partial charge in [-0.2, -0.15) is 0 Å². The van der Waals surface area contributed by atoms with Gasteiger partial charge in [-0.05, 0) is 42.3 Å². The van der Waals surface area contributed by atoms with Crippen molar-refractivity contribution < 1.29 is 13.9 Å². The molecular formula is C20H19FN2O2. The van der Waals surface area contributed by atoms with E-state index in [1.807, 2.05) is 24.3 Å². The van der Waals surface area contributed by atoms with E-state index in [1.165, 1.54) is 12.1 Å². The molecule has 1 aliphatic heterocycles. The van der Waals surface area contributed by atoms with Crippen LogP contribution in [0.4, 0.5) is 4.39 Å². The van der Waals surface area contributed by atoms with Gasteiger partial charge in [0.05, 0.1) is 6.61 Å². The third-order valence-electron chi connectivity index (χ3n) is 3.74. The molecule has 0 fully saturated rings. The van der Waals surface area contributed by atoms with Crippen molar-refractivity contribution >= 4 is 17.8 Å². The molecule has 1 aliphatic rings. The van der Waals surface area contributed by atoms with Crippen molar-refractivity contribution in [1.29, 1.82) is 0 Å². The van der Waals surface area contributed by atoms with Crippen molar-refractivity contribution in [3.63, 3.8) is 0 Å². The van der Waals surface area contributed by atoms with Gasteiger partial charge in [0.2, 0.25) is 0 Å². The van der Waals surface area contributed by atoms with Crippen LogP contribution in [0.1, 0.15) is 30.9 Å². The number of hydrogen-bond donors (Lipinski definition) is 1. The number of nitrogens with one attached hydrogen (secondary N) is 1. The van der Waals surface area contributed by atoms with Gasteiger partial charge in [0, 0.05) is 5.56 Å². The molecule has 0 aromatic heterocycles. The van der Waals surface area contributed by atoms with E-state index < -0.39 is 0 Å². The average molecular weight is 338 g/mol. The molecule has 4 nitrogen and oxygen atoms in total. The zero-order chi connectivity index (χ0) is 17.6. The highest BCUT2D eigenvalue weighted by atomic mass is 19.1. The molecule has 0 bridgehead atoms. The minimum Gasteiger partial charge on any atom is -0.494 e. The second kappa shape index (κ2) is 7.75. The Bertz CT molecular complexity index is 826. The molecule has 0 saturated carbocycles. The maximum atomic E-state index is 13.3. The Labute approximate surface area is 146 Å². The third kappa shape index (κ3) is 4.32. The topological polar surface area (TPSA) is 50.7 Å². The molecule has 5 heteroatoms. The van der Waals surface area contributed by atoms with Gasteiger partial charge in [0.1, 0.15) is 23.1 Å². The number of ether oxygens (including phenoxy) is 1. The summed E-state index contributed by atoms with van der Waals surface area (Å²) in [5.41, 5.74) is 1.67. The molecule has 0 saturated heterocycles. The number of carbonyl (C=O) groups is 1. The van der Waals surface area contributed by atoms with Gasteiger partial charge in [0.15, 0.2) is 0 Å². The number of halogens is 1. The molecule has 128 valence electrons. The van der Waals surface area contributed by atoms with Crippen LogP contribution < -0.4 is 10.1 Å². The summed E-state index contributed by atoms with van der Waals surface area (Å²) in [5.74, 6) is 0.485. The Morgan fingerprint density at radius 3 is 2.72 bits per heavy atom. The molecule has 0 radical (unpaired) electrons. The number of amides is 1. The third-order valence-corrected chi connectivity index (χ3v) is 3.74. The van der Waals surface area contributed by atoms with Crippen molar-refractivity contribution in [1.82, 2.24) is 5.32 Å². The van der Waals surface area contributed by atoms with Crippen molar-refractivity contribution in [3.8, 4) is 5.75 Å². The van der Waals surface area contributed by atoms with E-state index in [1.54, 1.807) is 18.2 Å². The number of nitrogens with zero attached hydrogens (tertiary/aromatic N) is 1. The summed E-state index contributed by atoms with van der Waals surface area (Å²) in [7, 11) is 0. The Balaban J connectivity index is 1.75. The molecule has 1 N–H and O–H groups in total. The molecule has 1 amide bonds. The van der Waals surface area contributed by atoms with E-state index in [2.05, 4.69) is 17.2 Å². The molecule has 1 heterocycles. The molecular weight excluding hydrogens is 319 g/mol. The fourth-order valence-corrected chi connectivity index (χ4v) is 2.39. The monoisotopic (exact) mass is 338 g/mol. The Morgan fingerprint density at radius 2 is 2.00 bits per heavy atom. The largest absolute Gasteiger partial charge is 0.494 e. The zero-order valence-corrected chi connectivity index (χ0v) is 14.0. The predicted molar refractivity (Wildman–Crippen MR) is 95.9 cm³/mol. The maximum Gasteiger partial charge on any atom is 0.275 e. The molecule has 0 unspecified atom stereocenters. The highest BCUT2D eigenvalue weighted by Gasteiger charge is 2.21. The molecule has 25 heavy (non-hydrogen) atoms. The van der Waals surface area contributed by atoms with Gasteiger partial charge < -0.3 is 10.1 Å². The lowest BCUT2D eigenvalue weighted by Gasteiger charge is -2.05. The number of benzene rings is 2. The van der Waals surface area contributed by atoms with Gasteiger partial charge in [-0.1, -0.05) is 37.6 Å². The van der Waals surface area contributed by atoms with Crippen LogP contribution in [0.5, 0.6) is 5.75 Å². The summed E-state index contributed by atoms with van der Waals surface area (Å²) in [6.07, 6.45) is 3.80. The van der Waals surface area contributed by atoms with Crippen LogP contribution in [-0.4, -0.2) is 18.3 Å². The molecule has 2 aromatic rings. The first kappa shape index (κ1) is 16.9. The van der Waals surface area contributed by atoms with E-state index in [0.717, 1.165) is 24.2 Å². The first-order valence-corrected chi connectivity index (χ1v) is 8.26. The second-order valence-corrected chi connectivity index (χ2v) is 5.73. The Hall–Kier alpha value is -2.95. The van der Waals surface area contributed by atoms with Crippen LogP contribution in [-0.2, 0) is 4.79 Å². The molecule has 2 aromatic carbocycles. The van der Waals surface area contributed by atoms with E-state index >= 15 is 0 Å². The molecule has 0 aliphatic carbocycles.